The van der Waals surface area contributed by atoms with Crippen LogP contribution in [0, 0.1) is 0 Å². The van der Waals surface area contributed by atoms with Crippen molar-refractivity contribution >= 4 is 5.91 Å². The smallest absolute Gasteiger partial charge is 0.251 e. The molecule has 0 spiro atoms. The zero-order chi connectivity index (χ0) is 13.0. The van der Waals surface area contributed by atoms with Gasteiger partial charge in [0.15, 0.2) is 0 Å². The second-order valence-corrected chi connectivity index (χ2v) is 3.86. The Balaban J connectivity index is 2.01. The molecule has 1 amide bonds. The van der Waals surface area contributed by atoms with E-state index in [1.807, 2.05) is 0 Å². The molecule has 2 rings (SSSR count). The van der Waals surface area contributed by atoms with Crippen molar-refractivity contribution in [2.24, 2.45) is 0 Å². The third kappa shape index (κ3) is 2.79. The van der Waals surface area contributed by atoms with Gasteiger partial charge in [-0.05, 0) is 30.3 Å². The largest absolute Gasteiger partial charge is 0.508 e. The van der Waals surface area contributed by atoms with Crippen LogP contribution in [0.15, 0.2) is 48.5 Å². The molecule has 0 aromatic heterocycles. The van der Waals surface area contributed by atoms with Crippen molar-refractivity contribution in [3.05, 3.63) is 59.7 Å². The third-order valence-corrected chi connectivity index (χ3v) is 2.56. The standard InChI is InChI=1S/C14H13NO3/c16-12-7-5-10(6-8-12)14(18)15-9-11-3-1-2-4-13(11)17/h1-8,16-17H,9H2,(H,15,18). The van der Waals surface area contributed by atoms with E-state index in [-0.39, 0.29) is 24.0 Å². The molecular formula is C14H13NO3. The highest BCUT2D eigenvalue weighted by Crippen LogP contribution is 2.15. The highest BCUT2D eigenvalue weighted by atomic mass is 16.3. The quantitative estimate of drug-likeness (QED) is 0.772. The lowest BCUT2D eigenvalue weighted by Gasteiger charge is -2.07. The van der Waals surface area contributed by atoms with Gasteiger partial charge in [-0.2, -0.15) is 0 Å². The van der Waals surface area contributed by atoms with Crippen molar-refractivity contribution in [3.8, 4) is 11.5 Å². The normalized spacial score (nSPS) is 10.0. The van der Waals surface area contributed by atoms with E-state index in [2.05, 4.69) is 5.32 Å². The fourth-order valence-corrected chi connectivity index (χ4v) is 1.55. The molecule has 0 atom stereocenters. The van der Waals surface area contributed by atoms with Gasteiger partial charge in [-0.1, -0.05) is 18.2 Å². The molecule has 0 radical (unpaired) electrons. The first-order valence-electron chi connectivity index (χ1n) is 5.51. The Hall–Kier alpha value is -2.49. The van der Waals surface area contributed by atoms with Crippen LogP contribution in [-0.4, -0.2) is 16.1 Å². The highest BCUT2D eigenvalue weighted by Gasteiger charge is 2.06. The number of aromatic hydroxyl groups is 2. The minimum absolute atomic E-state index is 0.118. The fraction of sp³-hybridized carbons (Fsp3) is 0.0714. The number of rotatable bonds is 3. The first kappa shape index (κ1) is 12.0. The highest BCUT2D eigenvalue weighted by molar-refractivity contribution is 5.94. The summed E-state index contributed by atoms with van der Waals surface area (Å²) >= 11 is 0. The SMILES string of the molecule is O=C(NCc1ccccc1O)c1ccc(O)cc1. The number of para-hydroxylation sites is 1. The maximum Gasteiger partial charge on any atom is 0.251 e. The number of hydrogen-bond acceptors (Lipinski definition) is 3. The average molecular weight is 243 g/mol. The van der Waals surface area contributed by atoms with Gasteiger partial charge in [-0.25, -0.2) is 0 Å². The molecule has 0 bridgehead atoms. The minimum Gasteiger partial charge on any atom is -0.508 e. The van der Waals surface area contributed by atoms with Crippen molar-refractivity contribution in [1.29, 1.82) is 0 Å². The van der Waals surface area contributed by atoms with E-state index in [4.69, 9.17) is 5.11 Å². The maximum absolute atomic E-state index is 11.8. The Morgan fingerprint density at radius 2 is 1.67 bits per heavy atom. The van der Waals surface area contributed by atoms with Gasteiger partial charge >= 0.3 is 0 Å². The Kier molecular flexibility index (Phi) is 3.48. The van der Waals surface area contributed by atoms with Gasteiger partial charge < -0.3 is 15.5 Å². The van der Waals surface area contributed by atoms with Crippen LogP contribution in [0.25, 0.3) is 0 Å². The van der Waals surface area contributed by atoms with Crippen LogP contribution in [0.3, 0.4) is 0 Å². The molecule has 2 aromatic carbocycles. The first-order valence-corrected chi connectivity index (χ1v) is 5.51. The number of carbonyl (C=O) groups is 1. The molecule has 0 aliphatic heterocycles. The molecule has 0 heterocycles. The molecule has 4 heteroatoms. The van der Waals surface area contributed by atoms with Crippen LogP contribution >= 0.6 is 0 Å². The first-order chi connectivity index (χ1) is 8.66. The maximum atomic E-state index is 11.8. The summed E-state index contributed by atoms with van der Waals surface area (Å²) in [4.78, 5) is 11.8. The van der Waals surface area contributed by atoms with Gasteiger partial charge in [-0.3, -0.25) is 4.79 Å². The van der Waals surface area contributed by atoms with E-state index in [0.717, 1.165) is 0 Å². The topological polar surface area (TPSA) is 69.6 Å². The van der Waals surface area contributed by atoms with Crippen molar-refractivity contribution < 1.29 is 15.0 Å². The second kappa shape index (κ2) is 5.23. The Morgan fingerprint density at radius 3 is 2.33 bits per heavy atom. The number of nitrogens with one attached hydrogen (secondary N) is 1. The van der Waals surface area contributed by atoms with Crippen LogP contribution in [0.4, 0.5) is 0 Å². The molecule has 0 fully saturated rings. The van der Waals surface area contributed by atoms with Crippen molar-refractivity contribution in [3.63, 3.8) is 0 Å². The summed E-state index contributed by atoms with van der Waals surface area (Å²) in [5.41, 5.74) is 1.12. The van der Waals surface area contributed by atoms with Crippen LogP contribution in [0.5, 0.6) is 11.5 Å². The monoisotopic (exact) mass is 243 g/mol. The van der Waals surface area contributed by atoms with E-state index in [1.165, 1.54) is 24.3 Å². The number of carbonyl (C=O) groups excluding carboxylic acids is 1. The zero-order valence-corrected chi connectivity index (χ0v) is 9.63. The Bertz CT molecular complexity index is 549. The van der Waals surface area contributed by atoms with Crippen molar-refractivity contribution in [1.82, 2.24) is 5.32 Å². The lowest BCUT2D eigenvalue weighted by atomic mass is 10.1. The number of amides is 1. The lowest BCUT2D eigenvalue weighted by Crippen LogP contribution is -2.22. The van der Waals surface area contributed by atoms with E-state index >= 15 is 0 Å². The van der Waals surface area contributed by atoms with Gasteiger partial charge in [0.25, 0.3) is 5.91 Å². The number of phenols is 2. The Labute approximate surface area is 105 Å². The minimum atomic E-state index is -0.252. The second-order valence-electron chi connectivity index (χ2n) is 3.86. The summed E-state index contributed by atoms with van der Waals surface area (Å²) < 4.78 is 0. The third-order valence-electron chi connectivity index (χ3n) is 2.56. The predicted octanol–water partition coefficient (Wildman–Crippen LogP) is 2.03. The van der Waals surface area contributed by atoms with Crippen LogP contribution in [0.1, 0.15) is 15.9 Å². The molecule has 0 saturated heterocycles. The lowest BCUT2D eigenvalue weighted by molar-refractivity contribution is 0.0951. The number of benzene rings is 2. The van der Waals surface area contributed by atoms with Gasteiger partial charge in [0, 0.05) is 17.7 Å². The zero-order valence-electron chi connectivity index (χ0n) is 9.63. The molecule has 0 unspecified atom stereocenters. The molecule has 92 valence electrons. The fourth-order valence-electron chi connectivity index (χ4n) is 1.55. The molecular weight excluding hydrogens is 230 g/mol. The molecule has 3 N–H and O–H groups in total. The summed E-state index contributed by atoms with van der Waals surface area (Å²) in [5, 5.41) is 21.4. The summed E-state index contributed by atoms with van der Waals surface area (Å²) in [5.74, 6) is 0.0222. The van der Waals surface area contributed by atoms with Gasteiger partial charge in [0.2, 0.25) is 0 Å². The van der Waals surface area contributed by atoms with Crippen molar-refractivity contribution in [2.75, 3.05) is 0 Å². The molecule has 4 nitrogen and oxygen atoms in total. The van der Waals surface area contributed by atoms with Gasteiger partial charge in [0.05, 0.1) is 0 Å². The number of phenolic OH excluding ortho intramolecular Hbond substituents is 2. The molecule has 18 heavy (non-hydrogen) atoms. The molecule has 0 aliphatic carbocycles. The average Bonchev–Trinajstić information content (AvgIpc) is 2.38. The molecule has 0 saturated carbocycles. The summed E-state index contributed by atoms with van der Waals surface area (Å²) in [7, 11) is 0. The number of hydrogen-bond donors (Lipinski definition) is 3. The van der Waals surface area contributed by atoms with E-state index in [0.29, 0.717) is 11.1 Å². The van der Waals surface area contributed by atoms with E-state index in [9.17, 15) is 9.90 Å². The van der Waals surface area contributed by atoms with E-state index in [1.54, 1.807) is 24.3 Å². The van der Waals surface area contributed by atoms with Crippen molar-refractivity contribution in [2.45, 2.75) is 6.54 Å². The van der Waals surface area contributed by atoms with Crippen LogP contribution < -0.4 is 5.32 Å². The summed E-state index contributed by atoms with van der Waals surface area (Å²) in [6.45, 7) is 0.256. The van der Waals surface area contributed by atoms with E-state index < -0.39 is 0 Å². The van der Waals surface area contributed by atoms with Crippen LogP contribution in [0.2, 0.25) is 0 Å². The van der Waals surface area contributed by atoms with Gasteiger partial charge in [0.1, 0.15) is 11.5 Å². The Morgan fingerprint density at radius 1 is 1.00 bits per heavy atom. The van der Waals surface area contributed by atoms with Gasteiger partial charge in [-0.15, -0.1) is 0 Å². The molecule has 2 aromatic rings. The van der Waals surface area contributed by atoms with Crippen LogP contribution in [-0.2, 0) is 6.54 Å². The predicted molar refractivity (Wildman–Crippen MR) is 67.4 cm³/mol. The summed E-state index contributed by atoms with van der Waals surface area (Å²) in [6, 6.07) is 12.8. The molecule has 0 aliphatic rings. The summed E-state index contributed by atoms with van der Waals surface area (Å²) in [6.07, 6.45) is 0.